The van der Waals surface area contributed by atoms with Crippen molar-refractivity contribution in [2.75, 3.05) is 0 Å². The van der Waals surface area contributed by atoms with Crippen LogP contribution < -0.4 is 0 Å². The lowest BCUT2D eigenvalue weighted by Gasteiger charge is -2.14. The molecule has 0 spiro atoms. The molecule has 0 fully saturated rings. The van der Waals surface area contributed by atoms with E-state index in [2.05, 4.69) is 0 Å². The second-order valence-corrected chi connectivity index (χ2v) is 4.04. The topological polar surface area (TPSA) is 17.1 Å². The normalized spacial score (nSPS) is 11.9. The second kappa shape index (κ2) is 5.50. The maximum Gasteiger partial charge on any atom is 0.419 e. The minimum Gasteiger partial charge on any atom is -0.294 e. The van der Waals surface area contributed by atoms with Crippen molar-refractivity contribution in [3.63, 3.8) is 0 Å². The van der Waals surface area contributed by atoms with E-state index in [-0.39, 0.29) is 0 Å². The Morgan fingerprint density at radius 2 is 1.78 bits per heavy atom. The van der Waals surface area contributed by atoms with Gasteiger partial charge in [-0.05, 0) is 25.0 Å². The van der Waals surface area contributed by atoms with Crippen LogP contribution in [0, 0.1) is 11.7 Å². The third kappa shape index (κ3) is 2.89. The van der Waals surface area contributed by atoms with Crippen LogP contribution in [0.25, 0.3) is 0 Å². The smallest absolute Gasteiger partial charge is 0.294 e. The summed E-state index contributed by atoms with van der Waals surface area (Å²) in [7, 11) is 0. The first-order chi connectivity index (χ1) is 8.32. The van der Waals surface area contributed by atoms with Crippen molar-refractivity contribution in [3.8, 4) is 0 Å². The third-order valence-corrected chi connectivity index (χ3v) is 2.93. The number of halogens is 4. The van der Waals surface area contributed by atoms with Crippen LogP contribution in [-0.4, -0.2) is 5.78 Å². The number of Topliss-reactive ketones (excluding diaryl/α,β-unsaturated/α-hetero) is 1. The molecule has 0 saturated carbocycles. The van der Waals surface area contributed by atoms with Gasteiger partial charge in [0.1, 0.15) is 5.82 Å². The SMILES string of the molecule is CCC(CC)C(=O)c1cccc(C(F)(F)F)c1F. The van der Waals surface area contributed by atoms with Crippen LogP contribution in [0.5, 0.6) is 0 Å². The van der Waals surface area contributed by atoms with E-state index in [1.54, 1.807) is 13.8 Å². The summed E-state index contributed by atoms with van der Waals surface area (Å²) < 4.78 is 51.2. The van der Waals surface area contributed by atoms with Crippen LogP contribution in [0.3, 0.4) is 0 Å². The number of rotatable bonds is 4. The molecule has 0 bridgehead atoms. The summed E-state index contributed by atoms with van der Waals surface area (Å²) in [6, 6.07) is 2.80. The average molecular weight is 262 g/mol. The molecule has 0 heterocycles. The number of hydrogen-bond donors (Lipinski definition) is 0. The maximum atomic E-state index is 13.7. The molecule has 0 aliphatic heterocycles. The van der Waals surface area contributed by atoms with Gasteiger partial charge >= 0.3 is 6.18 Å². The summed E-state index contributed by atoms with van der Waals surface area (Å²) >= 11 is 0. The zero-order valence-electron chi connectivity index (χ0n) is 10.1. The fraction of sp³-hybridized carbons (Fsp3) is 0.462. The molecular formula is C13H14F4O. The summed E-state index contributed by atoms with van der Waals surface area (Å²) in [5, 5.41) is 0. The molecule has 1 aromatic carbocycles. The molecule has 0 N–H and O–H groups in total. The van der Waals surface area contributed by atoms with Gasteiger partial charge in [0.05, 0.1) is 11.1 Å². The standard InChI is InChI=1S/C13H14F4O/c1-3-8(4-2)12(18)9-6-5-7-10(11(9)14)13(15,16)17/h5-8H,3-4H2,1-2H3. The highest BCUT2D eigenvalue weighted by atomic mass is 19.4. The molecule has 0 atom stereocenters. The summed E-state index contributed by atoms with van der Waals surface area (Å²) in [6.07, 6.45) is -3.83. The Balaban J connectivity index is 3.23. The molecule has 0 unspecified atom stereocenters. The largest absolute Gasteiger partial charge is 0.419 e. The highest BCUT2D eigenvalue weighted by molar-refractivity contribution is 5.98. The number of benzene rings is 1. The number of carbonyl (C=O) groups excluding carboxylic acids is 1. The molecular weight excluding hydrogens is 248 g/mol. The molecule has 0 aliphatic carbocycles. The lowest BCUT2D eigenvalue weighted by molar-refractivity contribution is -0.140. The molecule has 0 amide bonds. The predicted molar refractivity (Wildman–Crippen MR) is 59.8 cm³/mol. The van der Waals surface area contributed by atoms with E-state index in [4.69, 9.17) is 0 Å². The van der Waals surface area contributed by atoms with Crippen molar-refractivity contribution in [1.82, 2.24) is 0 Å². The van der Waals surface area contributed by atoms with Gasteiger partial charge in [0.25, 0.3) is 0 Å². The molecule has 100 valence electrons. The van der Waals surface area contributed by atoms with E-state index >= 15 is 0 Å². The highest BCUT2D eigenvalue weighted by Crippen LogP contribution is 2.33. The van der Waals surface area contributed by atoms with Crippen LogP contribution >= 0.6 is 0 Å². The van der Waals surface area contributed by atoms with Gasteiger partial charge < -0.3 is 0 Å². The number of alkyl halides is 3. The van der Waals surface area contributed by atoms with Crippen molar-refractivity contribution in [2.45, 2.75) is 32.9 Å². The van der Waals surface area contributed by atoms with Crippen molar-refractivity contribution >= 4 is 5.78 Å². The maximum absolute atomic E-state index is 13.7. The van der Waals surface area contributed by atoms with Crippen LogP contribution in [0.15, 0.2) is 18.2 Å². The lowest BCUT2D eigenvalue weighted by Crippen LogP contribution is -2.17. The van der Waals surface area contributed by atoms with Gasteiger partial charge in [0, 0.05) is 5.92 Å². The van der Waals surface area contributed by atoms with Crippen molar-refractivity contribution < 1.29 is 22.4 Å². The molecule has 0 radical (unpaired) electrons. The molecule has 0 aromatic heterocycles. The Labute approximate surface area is 103 Å². The first-order valence-electron chi connectivity index (χ1n) is 5.72. The van der Waals surface area contributed by atoms with Crippen LogP contribution in [0.4, 0.5) is 17.6 Å². The van der Waals surface area contributed by atoms with Crippen LogP contribution in [0.1, 0.15) is 42.6 Å². The monoisotopic (exact) mass is 262 g/mol. The lowest BCUT2D eigenvalue weighted by atomic mass is 9.92. The van der Waals surface area contributed by atoms with Gasteiger partial charge in [-0.3, -0.25) is 4.79 Å². The Hall–Kier alpha value is -1.39. The summed E-state index contributed by atoms with van der Waals surface area (Å²) in [4.78, 5) is 11.9. The van der Waals surface area contributed by atoms with Crippen LogP contribution in [0.2, 0.25) is 0 Å². The molecule has 1 rings (SSSR count). The van der Waals surface area contributed by atoms with Gasteiger partial charge in [0.15, 0.2) is 5.78 Å². The van der Waals surface area contributed by atoms with Crippen LogP contribution in [-0.2, 0) is 6.18 Å². The van der Waals surface area contributed by atoms with E-state index in [0.717, 1.165) is 12.1 Å². The molecule has 0 aliphatic rings. The van der Waals surface area contributed by atoms with E-state index in [9.17, 15) is 22.4 Å². The summed E-state index contributed by atoms with van der Waals surface area (Å²) in [5.74, 6) is -2.48. The Morgan fingerprint density at radius 3 is 2.22 bits per heavy atom. The zero-order valence-corrected chi connectivity index (χ0v) is 10.1. The number of ketones is 1. The first kappa shape index (κ1) is 14.7. The van der Waals surface area contributed by atoms with E-state index < -0.39 is 34.8 Å². The Bertz CT molecular complexity index is 433. The van der Waals surface area contributed by atoms with Crippen molar-refractivity contribution in [2.24, 2.45) is 5.92 Å². The van der Waals surface area contributed by atoms with Gasteiger partial charge in [0.2, 0.25) is 0 Å². The quantitative estimate of drug-likeness (QED) is 0.578. The highest BCUT2D eigenvalue weighted by Gasteiger charge is 2.36. The van der Waals surface area contributed by atoms with Crippen molar-refractivity contribution in [1.29, 1.82) is 0 Å². The predicted octanol–water partition coefficient (Wildman–Crippen LogP) is 4.46. The second-order valence-electron chi connectivity index (χ2n) is 4.04. The Morgan fingerprint density at radius 1 is 1.22 bits per heavy atom. The summed E-state index contributed by atoms with van der Waals surface area (Å²) in [6.45, 7) is 3.50. The molecule has 1 nitrogen and oxygen atoms in total. The minimum atomic E-state index is -4.78. The summed E-state index contributed by atoms with van der Waals surface area (Å²) in [5.41, 5.74) is -1.86. The van der Waals surface area contributed by atoms with E-state index in [1.807, 2.05) is 0 Å². The fourth-order valence-corrected chi connectivity index (χ4v) is 1.82. The molecule has 18 heavy (non-hydrogen) atoms. The van der Waals surface area contributed by atoms with Crippen molar-refractivity contribution in [3.05, 3.63) is 35.1 Å². The fourth-order valence-electron chi connectivity index (χ4n) is 1.82. The third-order valence-electron chi connectivity index (χ3n) is 2.93. The van der Waals surface area contributed by atoms with Gasteiger partial charge in [-0.2, -0.15) is 13.2 Å². The van der Waals surface area contributed by atoms with E-state index in [0.29, 0.717) is 18.9 Å². The zero-order chi connectivity index (χ0) is 13.9. The molecule has 5 heteroatoms. The van der Waals surface area contributed by atoms with Gasteiger partial charge in [-0.1, -0.05) is 19.9 Å². The first-order valence-corrected chi connectivity index (χ1v) is 5.72. The number of carbonyl (C=O) groups is 1. The van der Waals surface area contributed by atoms with Gasteiger partial charge in [-0.15, -0.1) is 0 Å². The molecule has 0 saturated heterocycles. The Kier molecular flexibility index (Phi) is 4.48. The number of hydrogen-bond acceptors (Lipinski definition) is 1. The van der Waals surface area contributed by atoms with Gasteiger partial charge in [-0.25, -0.2) is 4.39 Å². The van der Waals surface area contributed by atoms with E-state index in [1.165, 1.54) is 0 Å². The molecule has 1 aromatic rings. The minimum absolute atomic E-state index is 0.442. The average Bonchev–Trinajstić information content (AvgIpc) is 2.29.